The molecule has 0 saturated carbocycles. The van der Waals surface area contributed by atoms with Crippen molar-refractivity contribution in [2.24, 2.45) is 16.8 Å². The molecule has 1 aliphatic carbocycles. The lowest BCUT2D eigenvalue weighted by Gasteiger charge is -2.21. The number of benzene rings is 1. The van der Waals surface area contributed by atoms with Gasteiger partial charge in [0.05, 0.1) is 0 Å². The van der Waals surface area contributed by atoms with Gasteiger partial charge in [0.1, 0.15) is 0 Å². The number of nitrogens with zero attached hydrogens (tertiary/aromatic N) is 1. The standard InChI is InChI=1S/C12H15N3O/c13-12(16)15-14-8-9-5-6-10-3-1-2-4-11(10)7-9/h1-4,8-9H,5-7H2,(H3,13,15,16)/b14-8+/t9-/m0/s1. The minimum atomic E-state index is -0.618. The Morgan fingerprint density at radius 2 is 2.19 bits per heavy atom. The summed E-state index contributed by atoms with van der Waals surface area (Å²) in [5.74, 6) is 0.391. The number of nitrogens with one attached hydrogen (secondary N) is 1. The van der Waals surface area contributed by atoms with Crippen LogP contribution in [0.1, 0.15) is 17.5 Å². The summed E-state index contributed by atoms with van der Waals surface area (Å²) in [7, 11) is 0. The maximum Gasteiger partial charge on any atom is 0.332 e. The minimum Gasteiger partial charge on any atom is -0.350 e. The quantitative estimate of drug-likeness (QED) is 0.571. The van der Waals surface area contributed by atoms with E-state index < -0.39 is 6.03 Å². The lowest BCUT2D eigenvalue weighted by molar-refractivity contribution is 0.249. The van der Waals surface area contributed by atoms with Crippen molar-refractivity contribution in [3.8, 4) is 0 Å². The van der Waals surface area contributed by atoms with E-state index in [4.69, 9.17) is 5.73 Å². The number of urea groups is 1. The Balaban J connectivity index is 1.97. The molecule has 1 aromatic carbocycles. The second kappa shape index (κ2) is 4.79. The Morgan fingerprint density at radius 3 is 2.94 bits per heavy atom. The molecule has 0 aliphatic heterocycles. The molecule has 0 unspecified atom stereocenters. The number of amides is 2. The van der Waals surface area contributed by atoms with Gasteiger partial charge in [-0.1, -0.05) is 24.3 Å². The summed E-state index contributed by atoms with van der Waals surface area (Å²) in [6.07, 6.45) is 4.91. The zero-order valence-corrected chi connectivity index (χ0v) is 9.02. The summed E-state index contributed by atoms with van der Waals surface area (Å²) < 4.78 is 0. The van der Waals surface area contributed by atoms with E-state index in [1.807, 2.05) is 0 Å². The van der Waals surface area contributed by atoms with Crippen molar-refractivity contribution in [1.29, 1.82) is 0 Å². The van der Waals surface area contributed by atoms with Crippen molar-refractivity contribution in [3.63, 3.8) is 0 Å². The molecule has 0 bridgehead atoms. The molecule has 1 aliphatic rings. The molecule has 0 saturated heterocycles. The van der Waals surface area contributed by atoms with Crippen LogP contribution in [0.4, 0.5) is 4.79 Å². The number of nitrogens with two attached hydrogens (primary N) is 1. The number of aryl methyl sites for hydroxylation is 1. The van der Waals surface area contributed by atoms with Crippen LogP contribution < -0.4 is 11.2 Å². The number of primary amides is 1. The van der Waals surface area contributed by atoms with Crippen LogP contribution in [-0.4, -0.2) is 12.2 Å². The number of hydrogen-bond donors (Lipinski definition) is 2. The van der Waals surface area contributed by atoms with E-state index in [-0.39, 0.29) is 0 Å². The van der Waals surface area contributed by atoms with Crippen LogP contribution in [0.15, 0.2) is 29.4 Å². The molecule has 0 fully saturated rings. The van der Waals surface area contributed by atoms with E-state index in [9.17, 15) is 4.79 Å². The highest BCUT2D eigenvalue weighted by Crippen LogP contribution is 2.23. The van der Waals surface area contributed by atoms with Crippen molar-refractivity contribution < 1.29 is 4.79 Å². The largest absolute Gasteiger partial charge is 0.350 e. The molecule has 0 aromatic heterocycles. The molecule has 0 spiro atoms. The fourth-order valence-electron chi connectivity index (χ4n) is 2.06. The maximum absolute atomic E-state index is 10.4. The number of hydrogen-bond acceptors (Lipinski definition) is 2. The molecule has 3 N–H and O–H groups in total. The van der Waals surface area contributed by atoms with Gasteiger partial charge in [0.2, 0.25) is 0 Å². The zero-order valence-electron chi connectivity index (χ0n) is 9.02. The molecule has 2 rings (SSSR count). The van der Waals surface area contributed by atoms with Gasteiger partial charge in [0.25, 0.3) is 0 Å². The van der Waals surface area contributed by atoms with Crippen LogP contribution in [0.25, 0.3) is 0 Å². The van der Waals surface area contributed by atoms with Crippen LogP contribution in [0.2, 0.25) is 0 Å². The normalized spacial score (nSPS) is 19.4. The Labute approximate surface area is 94.5 Å². The number of hydrazone groups is 1. The Bertz CT molecular complexity index is 414. The van der Waals surface area contributed by atoms with E-state index in [0.29, 0.717) is 5.92 Å². The summed E-state index contributed by atoms with van der Waals surface area (Å²) >= 11 is 0. The molecular weight excluding hydrogens is 202 g/mol. The van der Waals surface area contributed by atoms with Crippen LogP contribution in [0.3, 0.4) is 0 Å². The first-order valence-corrected chi connectivity index (χ1v) is 5.41. The second-order valence-electron chi connectivity index (χ2n) is 4.03. The van der Waals surface area contributed by atoms with Crippen LogP contribution >= 0.6 is 0 Å². The van der Waals surface area contributed by atoms with Crippen molar-refractivity contribution in [3.05, 3.63) is 35.4 Å². The van der Waals surface area contributed by atoms with E-state index >= 15 is 0 Å². The molecular formula is C12H15N3O. The van der Waals surface area contributed by atoms with Crippen LogP contribution in [0.5, 0.6) is 0 Å². The SMILES string of the molecule is NC(=O)N/N=C/[C@H]1CCc2ccccc2C1. The lowest BCUT2D eigenvalue weighted by atomic mass is 9.85. The highest BCUT2D eigenvalue weighted by atomic mass is 16.2. The average Bonchev–Trinajstić information content (AvgIpc) is 2.28. The summed E-state index contributed by atoms with van der Waals surface area (Å²) in [5.41, 5.74) is 9.95. The number of fused-ring (bicyclic) bond motifs is 1. The third-order valence-electron chi connectivity index (χ3n) is 2.85. The molecule has 84 valence electrons. The highest BCUT2D eigenvalue weighted by Gasteiger charge is 2.16. The summed E-state index contributed by atoms with van der Waals surface area (Å²) in [6, 6.07) is 7.83. The van der Waals surface area contributed by atoms with Crippen molar-refractivity contribution in [1.82, 2.24) is 5.43 Å². The fraction of sp³-hybridized carbons (Fsp3) is 0.333. The van der Waals surface area contributed by atoms with Gasteiger partial charge in [-0.2, -0.15) is 5.10 Å². The monoisotopic (exact) mass is 217 g/mol. The fourth-order valence-corrected chi connectivity index (χ4v) is 2.06. The molecule has 2 amide bonds. The molecule has 4 heteroatoms. The van der Waals surface area contributed by atoms with Gasteiger partial charge in [0, 0.05) is 12.1 Å². The molecule has 1 atom stereocenters. The van der Waals surface area contributed by atoms with Crippen molar-refractivity contribution in [2.45, 2.75) is 19.3 Å². The maximum atomic E-state index is 10.4. The van der Waals surface area contributed by atoms with E-state index in [1.165, 1.54) is 11.1 Å². The molecule has 0 heterocycles. The number of carbonyl (C=O) groups excluding carboxylic acids is 1. The number of carbonyl (C=O) groups is 1. The van der Waals surface area contributed by atoms with Gasteiger partial charge in [-0.15, -0.1) is 0 Å². The Kier molecular flexibility index (Phi) is 3.19. The van der Waals surface area contributed by atoms with Gasteiger partial charge in [-0.3, -0.25) is 0 Å². The predicted molar refractivity (Wildman–Crippen MR) is 63.2 cm³/mol. The molecule has 4 nitrogen and oxygen atoms in total. The predicted octanol–water partition coefficient (Wildman–Crippen LogP) is 1.45. The zero-order chi connectivity index (χ0) is 11.4. The first-order valence-electron chi connectivity index (χ1n) is 5.41. The molecule has 16 heavy (non-hydrogen) atoms. The summed E-state index contributed by atoms with van der Waals surface area (Å²) in [6.45, 7) is 0. The van der Waals surface area contributed by atoms with E-state index in [0.717, 1.165) is 19.3 Å². The van der Waals surface area contributed by atoms with Gasteiger partial charge in [-0.25, -0.2) is 10.2 Å². The third-order valence-corrected chi connectivity index (χ3v) is 2.85. The highest BCUT2D eigenvalue weighted by molar-refractivity contribution is 5.73. The molecule has 1 aromatic rings. The summed E-state index contributed by atoms with van der Waals surface area (Å²) in [4.78, 5) is 10.4. The van der Waals surface area contributed by atoms with Crippen LogP contribution in [0, 0.1) is 5.92 Å². The molecule has 0 radical (unpaired) electrons. The Hall–Kier alpha value is -1.84. The second-order valence-corrected chi connectivity index (χ2v) is 4.03. The topological polar surface area (TPSA) is 67.5 Å². The lowest BCUT2D eigenvalue weighted by Crippen LogP contribution is -2.25. The third kappa shape index (κ3) is 2.59. The van der Waals surface area contributed by atoms with E-state index in [1.54, 1.807) is 6.21 Å². The van der Waals surface area contributed by atoms with Gasteiger partial charge in [0.15, 0.2) is 0 Å². The van der Waals surface area contributed by atoms with Gasteiger partial charge in [-0.05, 0) is 30.4 Å². The smallest absolute Gasteiger partial charge is 0.332 e. The minimum absolute atomic E-state index is 0.391. The van der Waals surface area contributed by atoms with Gasteiger partial charge >= 0.3 is 6.03 Å². The Morgan fingerprint density at radius 1 is 1.44 bits per heavy atom. The van der Waals surface area contributed by atoms with E-state index in [2.05, 4.69) is 34.8 Å². The number of rotatable bonds is 2. The van der Waals surface area contributed by atoms with Crippen LogP contribution in [-0.2, 0) is 12.8 Å². The van der Waals surface area contributed by atoms with Gasteiger partial charge < -0.3 is 5.73 Å². The first-order chi connectivity index (χ1) is 7.75. The summed E-state index contributed by atoms with van der Waals surface area (Å²) in [5, 5.41) is 3.82. The van der Waals surface area contributed by atoms with Crippen molar-refractivity contribution in [2.75, 3.05) is 0 Å². The average molecular weight is 217 g/mol. The van der Waals surface area contributed by atoms with Crippen molar-refractivity contribution >= 4 is 12.2 Å². The first kappa shape index (κ1) is 10.7.